The van der Waals surface area contributed by atoms with E-state index >= 15 is 0 Å². The number of piperidine rings is 1. The van der Waals surface area contributed by atoms with Crippen molar-refractivity contribution in [3.05, 3.63) is 63.4 Å². The Morgan fingerprint density at radius 2 is 1.74 bits per heavy atom. The molecule has 190 valence electrons. The zero-order chi connectivity index (χ0) is 26.0. The number of likely N-dealkylation sites (N-methyl/N-ethyl adjacent to an activating group) is 1. The van der Waals surface area contributed by atoms with Gasteiger partial charge in [0.1, 0.15) is 5.82 Å². The average molecular weight is 536 g/mol. The van der Waals surface area contributed by atoms with Crippen LogP contribution in [0.3, 0.4) is 0 Å². The summed E-state index contributed by atoms with van der Waals surface area (Å²) in [4.78, 5) is 28.0. The summed E-state index contributed by atoms with van der Waals surface area (Å²) in [6, 6.07) is 6.66. The Labute approximate surface area is 209 Å². The van der Waals surface area contributed by atoms with E-state index in [1.807, 2.05) is 0 Å². The molecule has 0 spiro atoms. The van der Waals surface area contributed by atoms with Gasteiger partial charge in [0.2, 0.25) is 0 Å². The van der Waals surface area contributed by atoms with Gasteiger partial charge in [-0.1, -0.05) is 29.3 Å². The molecular weight excluding hydrogens is 513 g/mol. The van der Waals surface area contributed by atoms with Crippen LogP contribution >= 0.6 is 23.2 Å². The van der Waals surface area contributed by atoms with Crippen molar-refractivity contribution in [2.75, 3.05) is 31.5 Å². The number of carbonyl (C=O) groups is 2. The zero-order valence-electron chi connectivity index (χ0n) is 18.6. The average Bonchev–Trinajstić information content (AvgIpc) is 2.76. The SMILES string of the molecule is CCN(CC1(O)CCN(C(=O)Nc2cc(Cl)cc(Cl)c2)CC1)C(=O)c1cccc(C(F)(F)F)c1F. The van der Waals surface area contributed by atoms with Crippen LogP contribution in [0.4, 0.5) is 28.0 Å². The molecule has 3 amide bonds. The monoisotopic (exact) mass is 535 g/mol. The summed E-state index contributed by atoms with van der Waals surface area (Å²) >= 11 is 11.9. The highest BCUT2D eigenvalue weighted by Gasteiger charge is 2.39. The van der Waals surface area contributed by atoms with Gasteiger partial charge in [-0.15, -0.1) is 0 Å². The Hall–Kier alpha value is -2.56. The third-order valence-electron chi connectivity index (χ3n) is 5.78. The molecular formula is C23H23Cl2F4N3O3. The van der Waals surface area contributed by atoms with Gasteiger partial charge in [0, 0.05) is 41.9 Å². The predicted molar refractivity (Wildman–Crippen MR) is 124 cm³/mol. The van der Waals surface area contributed by atoms with Crippen molar-refractivity contribution < 1.29 is 32.3 Å². The van der Waals surface area contributed by atoms with E-state index in [4.69, 9.17) is 23.2 Å². The van der Waals surface area contributed by atoms with Gasteiger partial charge in [0.15, 0.2) is 0 Å². The molecule has 1 fully saturated rings. The number of aliphatic hydroxyl groups is 1. The van der Waals surface area contributed by atoms with E-state index in [-0.39, 0.29) is 39.0 Å². The molecule has 0 unspecified atom stereocenters. The molecule has 3 rings (SSSR count). The minimum atomic E-state index is -4.95. The van der Waals surface area contributed by atoms with Gasteiger partial charge in [-0.05, 0) is 50.1 Å². The second kappa shape index (κ2) is 10.6. The molecule has 0 aliphatic carbocycles. The second-order valence-corrected chi connectivity index (χ2v) is 9.16. The van der Waals surface area contributed by atoms with Crippen molar-refractivity contribution in [3.8, 4) is 0 Å². The molecule has 1 heterocycles. The lowest BCUT2D eigenvalue weighted by atomic mass is 9.90. The topological polar surface area (TPSA) is 72.9 Å². The Bertz CT molecular complexity index is 1090. The van der Waals surface area contributed by atoms with Crippen LogP contribution in [0, 0.1) is 5.82 Å². The van der Waals surface area contributed by atoms with Gasteiger partial charge in [-0.25, -0.2) is 9.18 Å². The van der Waals surface area contributed by atoms with Gasteiger partial charge in [-0.2, -0.15) is 13.2 Å². The van der Waals surface area contributed by atoms with Crippen LogP contribution in [0.2, 0.25) is 10.0 Å². The minimum absolute atomic E-state index is 0.0382. The first-order valence-corrected chi connectivity index (χ1v) is 11.5. The Kier molecular flexibility index (Phi) is 8.18. The minimum Gasteiger partial charge on any atom is -0.388 e. The normalized spacial score (nSPS) is 15.6. The fourth-order valence-corrected chi connectivity index (χ4v) is 4.41. The van der Waals surface area contributed by atoms with Crippen molar-refractivity contribution in [3.63, 3.8) is 0 Å². The number of benzene rings is 2. The van der Waals surface area contributed by atoms with E-state index in [2.05, 4.69) is 5.32 Å². The Balaban J connectivity index is 1.65. The van der Waals surface area contributed by atoms with E-state index in [1.54, 1.807) is 6.92 Å². The molecule has 1 aliphatic heterocycles. The van der Waals surface area contributed by atoms with Gasteiger partial charge in [0.25, 0.3) is 5.91 Å². The van der Waals surface area contributed by atoms with Crippen molar-refractivity contribution >= 4 is 40.8 Å². The first-order chi connectivity index (χ1) is 16.3. The fourth-order valence-electron chi connectivity index (χ4n) is 3.88. The third kappa shape index (κ3) is 6.56. The number of nitrogens with one attached hydrogen (secondary N) is 1. The summed E-state index contributed by atoms with van der Waals surface area (Å²) < 4.78 is 53.6. The van der Waals surface area contributed by atoms with Crippen LogP contribution in [-0.4, -0.2) is 58.6 Å². The molecule has 12 heteroatoms. The molecule has 2 aromatic rings. The lowest BCUT2D eigenvalue weighted by Gasteiger charge is -2.40. The van der Waals surface area contributed by atoms with Crippen molar-refractivity contribution in [2.24, 2.45) is 0 Å². The molecule has 0 aromatic heterocycles. The molecule has 1 saturated heterocycles. The molecule has 35 heavy (non-hydrogen) atoms. The number of rotatable bonds is 5. The summed E-state index contributed by atoms with van der Waals surface area (Å²) in [5.41, 5.74) is -3.25. The molecule has 0 saturated carbocycles. The van der Waals surface area contributed by atoms with E-state index in [9.17, 15) is 32.3 Å². The van der Waals surface area contributed by atoms with Crippen LogP contribution in [0.15, 0.2) is 36.4 Å². The largest absolute Gasteiger partial charge is 0.419 e. The summed E-state index contributed by atoms with van der Waals surface area (Å²) in [5.74, 6) is -2.61. The van der Waals surface area contributed by atoms with Crippen molar-refractivity contribution in [1.29, 1.82) is 0 Å². The number of hydrogen-bond donors (Lipinski definition) is 2. The fraction of sp³-hybridized carbons (Fsp3) is 0.391. The predicted octanol–water partition coefficient (Wildman–Crippen LogP) is 5.67. The number of halogens is 6. The highest BCUT2D eigenvalue weighted by atomic mass is 35.5. The molecule has 1 aliphatic rings. The van der Waals surface area contributed by atoms with Crippen LogP contribution in [-0.2, 0) is 6.18 Å². The number of anilines is 1. The van der Waals surface area contributed by atoms with E-state index < -0.39 is 40.7 Å². The quantitative estimate of drug-likeness (QED) is 0.484. The maximum atomic E-state index is 14.5. The highest BCUT2D eigenvalue weighted by Crippen LogP contribution is 2.33. The second-order valence-electron chi connectivity index (χ2n) is 8.28. The summed E-state index contributed by atoms with van der Waals surface area (Å²) in [5, 5.41) is 14.4. The third-order valence-corrected chi connectivity index (χ3v) is 6.22. The van der Waals surface area contributed by atoms with E-state index in [1.165, 1.54) is 23.1 Å². The molecule has 2 aromatic carbocycles. The van der Waals surface area contributed by atoms with E-state index in [0.29, 0.717) is 21.8 Å². The maximum absolute atomic E-state index is 14.5. The summed E-state index contributed by atoms with van der Waals surface area (Å²) in [7, 11) is 0. The molecule has 2 N–H and O–H groups in total. The first-order valence-electron chi connectivity index (χ1n) is 10.7. The van der Waals surface area contributed by atoms with Crippen molar-refractivity contribution in [2.45, 2.75) is 31.5 Å². The first kappa shape index (κ1) is 27.0. The molecule has 6 nitrogen and oxygen atoms in total. The van der Waals surface area contributed by atoms with Crippen LogP contribution < -0.4 is 5.32 Å². The number of amides is 3. The number of carbonyl (C=O) groups excluding carboxylic acids is 2. The van der Waals surface area contributed by atoms with E-state index in [0.717, 1.165) is 17.0 Å². The zero-order valence-corrected chi connectivity index (χ0v) is 20.1. The Morgan fingerprint density at radius 1 is 1.14 bits per heavy atom. The van der Waals surface area contributed by atoms with Crippen LogP contribution in [0.5, 0.6) is 0 Å². The van der Waals surface area contributed by atoms with Crippen LogP contribution in [0.1, 0.15) is 35.7 Å². The van der Waals surface area contributed by atoms with Crippen LogP contribution in [0.25, 0.3) is 0 Å². The van der Waals surface area contributed by atoms with Gasteiger partial charge in [-0.3, -0.25) is 4.79 Å². The lowest BCUT2D eigenvalue weighted by Crippen LogP contribution is -2.53. The summed E-state index contributed by atoms with van der Waals surface area (Å²) in [6.07, 6.45) is -4.74. The van der Waals surface area contributed by atoms with Gasteiger partial charge < -0.3 is 20.2 Å². The summed E-state index contributed by atoms with van der Waals surface area (Å²) in [6.45, 7) is 1.69. The number of likely N-dealkylation sites (tertiary alicyclic amines) is 1. The number of alkyl halides is 3. The lowest BCUT2D eigenvalue weighted by molar-refractivity contribution is -0.140. The molecule has 0 atom stereocenters. The maximum Gasteiger partial charge on any atom is 0.419 e. The molecule has 0 radical (unpaired) electrons. The van der Waals surface area contributed by atoms with Gasteiger partial charge >= 0.3 is 12.2 Å². The van der Waals surface area contributed by atoms with Gasteiger partial charge in [0.05, 0.1) is 16.7 Å². The smallest absolute Gasteiger partial charge is 0.388 e. The van der Waals surface area contributed by atoms with Crippen molar-refractivity contribution in [1.82, 2.24) is 9.80 Å². The molecule has 0 bridgehead atoms. The number of urea groups is 1. The number of nitrogens with zero attached hydrogens (tertiary/aromatic N) is 2. The highest BCUT2D eigenvalue weighted by molar-refractivity contribution is 6.35. The standard InChI is InChI=1S/C23H23Cl2F4N3O3/c1-2-31(20(33)17-4-3-5-18(19(17)26)23(27,28)29)13-22(35)6-8-32(9-7-22)21(34)30-16-11-14(24)10-15(25)12-16/h3-5,10-12,35H,2,6-9,13H2,1H3,(H,30,34). The Morgan fingerprint density at radius 3 is 2.29 bits per heavy atom. The number of hydrogen-bond acceptors (Lipinski definition) is 3.